The molecule has 38 heavy (non-hydrogen) atoms. The van der Waals surface area contributed by atoms with Crippen molar-refractivity contribution in [3.8, 4) is 5.75 Å². The molecule has 0 amide bonds. The van der Waals surface area contributed by atoms with Crippen LogP contribution in [0.25, 0.3) is 10.8 Å². The van der Waals surface area contributed by atoms with Gasteiger partial charge in [0.05, 0.1) is 22.6 Å². The number of carbonyl (C=O) groups is 2. The van der Waals surface area contributed by atoms with E-state index in [1.807, 2.05) is 0 Å². The maximum absolute atomic E-state index is 13.8. The van der Waals surface area contributed by atoms with Crippen LogP contribution in [0.4, 0.5) is 19.0 Å². The first kappa shape index (κ1) is 26.6. The average Bonchev–Trinajstić information content (AvgIpc) is 2.86. The Morgan fingerprint density at radius 1 is 0.974 bits per heavy atom. The number of ether oxygens (including phenoxy) is 1. The number of carbonyl (C=O) groups excluding carboxylic acids is 1. The maximum Gasteiger partial charge on any atom is 0.573 e. The van der Waals surface area contributed by atoms with Crippen LogP contribution in [0.3, 0.4) is 0 Å². The van der Waals surface area contributed by atoms with Gasteiger partial charge in [0.1, 0.15) is 5.75 Å². The van der Waals surface area contributed by atoms with Gasteiger partial charge in [-0.1, -0.05) is 36.4 Å². The van der Waals surface area contributed by atoms with Crippen LogP contribution >= 0.6 is 0 Å². The molecule has 0 saturated carbocycles. The van der Waals surface area contributed by atoms with Crippen molar-refractivity contribution in [1.82, 2.24) is 4.98 Å². The minimum Gasteiger partial charge on any atom is -0.478 e. The smallest absolute Gasteiger partial charge is 0.478 e. The van der Waals surface area contributed by atoms with Gasteiger partial charge in [0, 0.05) is 11.6 Å². The molecule has 0 bridgehead atoms. The Kier molecular flexibility index (Phi) is 7.09. The van der Waals surface area contributed by atoms with Gasteiger partial charge in [-0.15, -0.1) is 13.2 Å². The molecule has 8 nitrogen and oxygen atoms in total. The second kappa shape index (κ2) is 10.1. The Morgan fingerprint density at radius 3 is 2.18 bits per heavy atom. The second-order valence-corrected chi connectivity index (χ2v) is 10.00. The number of carboxylic acid groups (broad SMARTS) is 1. The molecular weight excluding hydrogens is 525 g/mol. The molecule has 1 N–H and O–H groups in total. The molecular formula is C26H19F3N2O6S. The summed E-state index contributed by atoms with van der Waals surface area (Å²) >= 11 is 0. The van der Waals surface area contributed by atoms with E-state index in [0.29, 0.717) is 10.8 Å². The summed E-state index contributed by atoms with van der Waals surface area (Å²) in [5.74, 6) is -2.39. The first-order valence-electron chi connectivity index (χ1n) is 11.0. The van der Waals surface area contributed by atoms with Gasteiger partial charge < -0.3 is 9.84 Å². The van der Waals surface area contributed by atoms with Crippen molar-refractivity contribution in [2.24, 2.45) is 0 Å². The van der Waals surface area contributed by atoms with Crippen LogP contribution in [-0.4, -0.2) is 36.6 Å². The molecule has 0 aliphatic heterocycles. The number of hydrogen-bond acceptors (Lipinski definition) is 6. The van der Waals surface area contributed by atoms with E-state index in [0.717, 1.165) is 40.7 Å². The molecule has 0 aliphatic rings. The fourth-order valence-corrected chi connectivity index (χ4v) is 5.24. The molecule has 1 heterocycles. The number of hydrogen-bond donors (Lipinski definition) is 1. The molecule has 1 aromatic heterocycles. The monoisotopic (exact) mass is 544 g/mol. The van der Waals surface area contributed by atoms with Crippen LogP contribution in [0.5, 0.6) is 5.75 Å². The fourth-order valence-electron chi connectivity index (χ4n) is 3.82. The lowest BCUT2D eigenvalue weighted by molar-refractivity contribution is -0.274. The fraction of sp³-hybridized carbons (Fsp3) is 0.115. The molecule has 0 unspecified atom stereocenters. The van der Waals surface area contributed by atoms with Crippen molar-refractivity contribution < 1.29 is 41.0 Å². The Hall–Kier alpha value is -4.45. The predicted octanol–water partition coefficient (Wildman–Crippen LogP) is 5.43. The Balaban J connectivity index is 1.86. The van der Waals surface area contributed by atoms with Crippen molar-refractivity contribution in [2.75, 3.05) is 4.31 Å². The van der Waals surface area contributed by atoms with Crippen LogP contribution < -0.4 is 9.04 Å². The molecule has 4 rings (SSSR count). The first-order valence-corrected chi connectivity index (χ1v) is 12.4. The van der Waals surface area contributed by atoms with Gasteiger partial charge in [-0.3, -0.25) is 4.79 Å². The number of fused-ring (bicyclic) bond motifs is 1. The molecule has 0 radical (unpaired) electrons. The zero-order valence-corrected chi connectivity index (χ0v) is 20.5. The van der Waals surface area contributed by atoms with E-state index in [2.05, 4.69) is 9.72 Å². The van der Waals surface area contributed by atoms with Crippen molar-refractivity contribution in [2.45, 2.75) is 24.7 Å². The Labute approximate surface area is 215 Å². The molecule has 196 valence electrons. The molecule has 0 atom stereocenters. The first-order chi connectivity index (χ1) is 17.9. The van der Waals surface area contributed by atoms with Crippen LogP contribution in [0.2, 0.25) is 0 Å². The number of alkyl halides is 3. The van der Waals surface area contributed by atoms with Gasteiger partial charge in [-0.05, 0) is 54.3 Å². The number of aromatic nitrogens is 1. The van der Waals surface area contributed by atoms with E-state index >= 15 is 0 Å². The summed E-state index contributed by atoms with van der Waals surface area (Å²) in [7, 11) is -4.44. The van der Waals surface area contributed by atoms with Crippen LogP contribution in [0, 0.1) is 0 Å². The summed E-state index contributed by atoms with van der Waals surface area (Å²) < 4.78 is 70.1. The topological polar surface area (TPSA) is 114 Å². The summed E-state index contributed by atoms with van der Waals surface area (Å²) in [6.07, 6.45) is -3.49. The summed E-state index contributed by atoms with van der Waals surface area (Å²) in [6, 6.07) is 15.8. The molecule has 0 saturated heterocycles. The highest BCUT2D eigenvalue weighted by molar-refractivity contribution is 7.92. The number of rotatable bonds is 8. The number of carboxylic acids is 1. The van der Waals surface area contributed by atoms with E-state index in [1.54, 1.807) is 24.3 Å². The lowest BCUT2D eigenvalue weighted by Crippen LogP contribution is -2.32. The van der Waals surface area contributed by atoms with Crippen LogP contribution in [0.15, 0.2) is 83.9 Å². The van der Waals surface area contributed by atoms with Gasteiger partial charge in [0.25, 0.3) is 10.0 Å². The van der Waals surface area contributed by atoms with Crippen molar-refractivity contribution in [1.29, 1.82) is 0 Å². The zero-order valence-electron chi connectivity index (χ0n) is 19.6. The number of sulfonamides is 1. The number of aromatic carboxylic acids is 1. The SMILES string of the molecule is CC(=O)c1c(N(Cc2ccc(OC(F)(F)F)cc2)S(=O)(=O)c2ccc(C(=O)O)cc2)ncc2ccccc12. The van der Waals surface area contributed by atoms with Gasteiger partial charge in [-0.25, -0.2) is 22.5 Å². The summed E-state index contributed by atoms with van der Waals surface area (Å²) in [6.45, 7) is 0.865. The maximum atomic E-state index is 13.8. The number of nitrogens with zero attached hydrogens (tertiary/aromatic N) is 2. The average molecular weight is 545 g/mol. The van der Waals surface area contributed by atoms with E-state index in [1.165, 1.54) is 25.3 Å². The van der Waals surface area contributed by atoms with E-state index in [4.69, 9.17) is 5.11 Å². The third kappa shape index (κ3) is 5.59. The van der Waals surface area contributed by atoms with Crippen LogP contribution in [0.1, 0.15) is 33.2 Å². The number of pyridine rings is 1. The summed E-state index contributed by atoms with van der Waals surface area (Å²) in [4.78, 5) is 28.0. The summed E-state index contributed by atoms with van der Waals surface area (Å²) in [5.41, 5.74) is 0.171. The molecule has 12 heteroatoms. The second-order valence-electron chi connectivity index (χ2n) is 8.13. The van der Waals surface area contributed by atoms with Crippen molar-refractivity contribution in [3.05, 3.63) is 95.7 Å². The largest absolute Gasteiger partial charge is 0.573 e. The third-order valence-electron chi connectivity index (χ3n) is 5.54. The zero-order chi connectivity index (χ0) is 27.7. The lowest BCUT2D eigenvalue weighted by Gasteiger charge is -2.26. The predicted molar refractivity (Wildman–Crippen MR) is 132 cm³/mol. The van der Waals surface area contributed by atoms with Gasteiger partial charge in [0.15, 0.2) is 11.6 Å². The van der Waals surface area contributed by atoms with Crippen LogP contribution in [-0.2, 0) is 16.6 Å². The van der Waals surface area contributed by atoms with E-state index in [9.17, 15) is 31.2 Å². The number of anilines is 1. The minimum absolute atomic E-state index is 0.0332. The van der Waals surface area contributed by atoms with Crippen molar-refractivity contribution >= 4 is 38.4 Å². The molecule has 0 aliphatic carbocycles. The summed E-state index contributed by atoms with van der Waals surface area (Å²) in [5, 5.41) is 10.2. The number of halogens is 3. The standard InChI is InChI=1S/C26H19F3N2O6S/c1-16(32)23-22-5-3-2-4-19(22)14-30-24(23)31(15-17-6-10-20(11-7-17)37-26(27,28)29)38(35,36)21-12-8-18(9-13-21)25(33)34/h2-14H,15H2,1H3,(H,33,34). The highest BCUT2D eigenvalue weighted by atomic mass is 32.2. The molecule has 3 aromatic carbocycles. The highest BCUT2D eigenvalue weighted by Crippen LogP contribution is 2.33. The minimum atomic E-state index is -4.90. The quantitative estimate of drug-likeness (QED) is 0.294. The molecule has 0 spiro atoms. The number of benzene rings is 3. The Bertz CT molecular complexity index is 1620. The van der Waals surface area contributed by atoms with Gasteiger partial charge >= 0.3 is 12.3 Å². The van der Waals surface area contributed by atoms with Crippen molar-refractivity contribution in [3.63, 3.8) is 0 Å². The highest BCUT2D eigenvalue weighted by Gasteiger charge is 2.32. The number of Topliss-reactive ketones (excluding diaryl/α,β-unsaturated/α-hetero) is 1. The number of ketones is 1. The third-order valence-corrected chi connectivity index (χ3v) is 7.29. The van der Waals surface area contributed by atoms with Gasteiger partial charge in [0.2, 0.25) is 0 Å². The van der Waals surface area contributed by atoms with E-state index in [-0.39, 0.29) is 27.4 Å². The van der Waals surface area contributed by atoms with E-state index < -0.39 is 40.4 Å². The molecule has 0 fully saturated rings. The Morgan fingerprint density at radius 2 is 1.61 bits per heavy atom. The van der Waals surface area contributed by atoms with Gasteiger partial charge in [-0.2, -0.15) is 0 Å². The molecule has 4 aromatic rings. The lowest BCUT2D eigenvalue weighted by atomic mass is 10.0. The normalized spacial score (nSPS) is 11.8.